The van der Waals surface area contributed by atoms with Gasteiger partial charge >= 0.3 is 6.09 Å². The Morgan fingerprint density at radius 2 is 1.91 bits per heavy atom. The van der Waals surface area contributed by atoms with Gasteiger partial charge in [0.2, 0.25) is 0 Å². The van der Waals surface area contributed by atoms with E-state index in [1.807, 2.05) is 4.90 Å². The Morgan fingerprint density at radius 3 is 2.50 bits per heavy atom. The zero-order chi connectivity index (χ0) is 16.1. The van der Waals surface area contributed by atoms with Crippen molar-refractivity contribution in [1.29, 1.82) is 0 Å². The maximum atomic E-state index is 13.2. The molecule has 0 aliphatic carbocycles. The molecular formula is C16H21FN2O3. The third kappa shape index (κ3) is 4.04. The van der Waals surface area contributed by atoms with Crippen LogP contribution in [0.4, 0.5) is 9.18 Å². The summed E-state index contributed by atoms with van der Waals surface area (Å²) in [5.41, 5.74) is 0.990. The number of nitrogens with zero attached hydrogens (tertiary/aromatic N) is 2. The number of piperazine rings is 1. The Labute approximate surface area is 129 Å². The van der Waals surface area contributed by atoms with Crippen molar-refractivity contribution in [2.45, 2.75) is 13.8 Å². The summed E-state index contributed by atoms with van der Waals surface area (Å²) in [6.45, 7) is 6.42. The predicted molar refractivity (Wildman–Crippen MR) is 80.5 cm³/mol. The van der Waals surface area contributed by atoms with Crippen LogP contribution in [0.1, 0.15) is 22.8 Å². The van der Waals surface area contributed by atoms with E-state index in [0.717, 1.165) is 0 Å². The van der Waals surface area contributed by atoms with Gasteiger partial charge < -0.3 is 9.64 Å². The number of Topliss-reactive ketones (excluding diaryl/α,β-unsaturated/α-hetero) is 1. The van der Waals surface area contributed by atoms with Crippen molar-refractivity contribution in [3.63, 3.8) is 0 Å². The van der Waals surface area contributed by atoms with Crippen molar-refractivity contribution in [2.24, 2.45) is 0 Å². The second kappa shape index (κ2) is 7.35. The van der Waals surface area contributed by atoms with E-state index in [1.165, 1.54) is 12.1 Å². The first-order chi connectivity index (χ1) is 10.5. The third-order valence-electron chi connectivity index (χ3n) is 3.75. The lowest BCUT2D eigenvalue weighted by molar-refractivity contribution is 0.0733. The summed E-state index contributed by atoms with van der Waals surface area (Å²) in [6.07, 6.45) is -0.303. The number of carbonyl (C=O) groups is 2. The molecule has 0 spiro atoms. The molecule has 0 bridgehead atoms. The number of ketones is 1. The minimum Gasteiger partial charge on any atom is -0.450 e. The highest BCUT2D eigenvalue weighted by Crippen LogP contribution is 2.11. The quantitative estimate of drug-likeness (QED) is 0.799. The van der Waals surface area contributed by atoms with Crippen molar-refractivity contribution in [2.75, 3.05) is 39.3 Å². The number of amides is 1. The molecule has 1 heterocycles. The number of carbonyl (C=O) groups excluding carboxylic acids is 2. The summed E-state index contributed by atoms with van der Waals surface area (Å²) < 4.78 is 18.2. The molecule has 0 N–H and O–H groups in total. The maximum Gasteiger partial charge on any atom is 0.409 e. The fraction of sp³-hybridized carbons (Fsp3) is 0.500. The van der Waals surface area contributed by atoms with E-state index in [4.69, 9.17) is 4.74 Å². The number of aryl methyl sites for hydroxylation is 1. The van der Waals surface area contributed by atoms with Crippen LogP contribution < -0.4 is 0 Å². The molecule has 2 rings (SSSR count). The highest BCUT2D eigenvalue weighted by atomic mass is 19.1. The third-order valence-corrected chi connectivity index (χ3v) is 3.75. The monoisotopic (exact) mass is 308 g/mol. The van der Waals surface area contributed by atoms with Gasteiger partial charge in [-0.05, 0) is 37.6 Å². The summed E-state index contributed by atoms with van der Waals surface area (Å²) in [7, 11) is 0. The van der Waals surface area contributed by atoms with Gasteiger partial charge in [0, 0.05) is 31.7 Å². The van der Waals surface area contributed by atoms with Crippen molar-refractivity contribution < 1.29 is 18.7 Å². The number of ether oxygens (including phenoxy) is 1. The molecule has 1 aromatic carbocycles. The highest BCUT2D eigenvalue weighted by Gasteiger charge is 2.23. The largest absolute Gasteiger partial charge is 0.450 e. The average Bonchev–Trinajstić information content (AvgIpc) is 2.51. The van der Waals surface area contributed by atoms with Gasteiger partial charge in [0.05, 0.1) is 13.2 Å². The molecule has 1 aliphatic heterocycles. The Bertz CT molecular complexity index is 554. The summed E-state index contributed by atoms with van der Waals surface area (Å²) in [5.74, 6) is -0.340. The molecule has 0 unspecified atom stereocenters. The lowest BCUT2D eigenvalue weighted by Gasteiger charge is -2.33. The number of rotatable bonds is 4. The van der Waals surface area contributed by atoms with Gasteiger partial charge in [0.1, 0.15) is 5.82 Å². The van der Waals surface area contributed by atoms with Crippen LogP contribution in [0.3, 0.4) is 0 Å². The standard InChI is InChI=1S/C16H21FN2O3/c1-3-22-16(21)19-8-6-18(7-9-19)11-15(20)13-4-5-14(17)12(2)10-13/h4-5,10H,3,6-9,11H2,1-2H3. The van der Waals surface area contributed by atoms with Crippen molar-refractivity contribution in [1.82, 2.24) is 9.80 Å². The van der Waals surface area contributed by atoms with Gasteiger partial charge in [0.15, 0.2) is 5.78 Å². The van der Waals surface area contributed by atoms with E-state index < -0.39 is 0 Å². The summed E-state index contributed by atoms with van der Waals surface area (Å²) >= 11 is 0. The van der Waals surface area contributed by atoms with Gasteiger partial charge in [-0.2, -0.15) is 0 Å². The first-order valence-electron chi connectivity index (χ1n) is 7.44. The number of hydrogen-bond acceptors (Lipinski definition) is 4. The molecule has 1 aliphatic rings. The molecule has 120 valence electrons. The summed E-state index contributed by atoms with van der Waals surface area (Å²) in [4.78, 5) is 27.5. The fourth-order valence-electron chi connectivity index (χ4n) is 2.42. The van der Waals surface area contributed by atoms with Gasteiger partial charge in [-0.15, -0.1) is 0 Å². The van der Waals surface area contributed by atoms with E-state index in [0.29, 0.717) is 43.9 Å². The van der Waals surface area contributed by atoms with E-state index in [9.17, 15) is 14.0 Å². The van der Waals surface area contributed by atoms with E-state index >= 15 is 0 Å². The smallest absolute Gasteiger partial charge is 0.409 e. The minimum atomic E-state index is -0.306. The van der Waals surface area contributed by atoms with Crippen LogP contribution in [0.2, 0.25) is 0 Å². The van der Waals surface area contributed by atoms with Gasteiger partial charge in [-0.25, -0.2) is 9.18 Å². The van der Waals surface area contributed by atoms with Crippen molar-refractivity contribution >= 4 is 11.9 Å². The van der Waals surface area contributed by atoms with Gasteiger partial charge in [0.25, 0.3) is 0 Å². The molecule has 22 heavy (non-hydrogen) atoms. The van der Waals surface area contributed by atoms with Crippen LogP contribution in [0.15, 0.2) is 18.2 Å². The van der Waals surface area contributed by atoms with Gasteiger partial charge in [-0.1, -0.05) is 0 Å². The number of hydrogen-bond donors (Lipinski definition) is 0. The molecular weight excluding hydrogens is 287 g/mol. The SMILES string of the molecule is CCOC(=O)N1CCN(CC(=O)c2ccc(F)c(C)c2)CC1. The second-order valence-electron chi connectivity index (χ2n) is 5.35. The van der Waals surface area contributed by atoms with Crippen LogP contribution in [0.25, 0.3) is 0 Å². The van der Waals surface area contributed by atoms with Crippen LogP contribution in [0, 0.1) is 12.7 Å². The normalized spacial score (nSPS) is 15.7. The first kappa shape index (κ1) is 16.4. The highest BCUT2D eigenvalue weighted by molar-refractivity contribution is 5.97. The maximum absolute atomic E-state index is 13.2. The molecule has 6 heteroatoms. The van der Waals surface area contributed by atoms with E-state index in [2.05, 4.69) is 0 Å². The predicted octanol–water partition coefficient (Wildman–Crippen LogP) is 2.09. The van der Waals surface area contributed by atoms with E-state index in [-0.39, 0.29) is 24.2 Å². The average molecular weight is 308 g/mol. The summed E-state index contributed by atoms with van der Waals surface area (Å²) in [6, 6.07) is 4.41. The molecule has 1 saturated heterocycles. The lowest BCUT2D eigenvalue weighted by atomic mass is 10.1. The topological polar surface area (TPSA) is 49.9 Å². The van der Waals surface area contributed by atoms with Crippen LogP contribution in [0.5, 0.6) is 0 Å². The fourth-order valence-corrected chi connectivity index (χ4v) is 2.42. The zero-order valence-electron chi connectivity index (χ0n) is 13.0. The van der Waals surface area contributed by atoms with Crippen LogP contribution in [-0.2, 0) is 4.74 Å². The Hall–Kier alpha value is -1.95. The Morgan fingerprint density at radius 1 is 1.23 bits per heavy atom. The Balaban J connectivity index is 1.86. The minimum absolute atomic E-state index is 0.0346. The van der Waals surface area contributed by atoms with Crippen LogP contribution in [-0.4, -0.2) is 61.0 Å². The van der Waals surface area contributed by atoms with E-state index in [1.54, 1.807) is 24.8 Å². The lowest BCUT2D eigenvalue weighted by Crippen LogP contribution is -2.50. The van der Waals surface area contributed by atoms with Crippen molar-refractivity contribution in [3.05, 3.63) is 35.1 Å². The second-order valence-corrected chi connectivity index (χ2v) is 5.35. The molecule has 0 saturated carbocycles. The number of halogens is 1. The van der Waals surface area contributed by atoms with Gasteiger partial charge in [-0.3, -0.25) is 9.69 Å². The number of benzene rings is 1. The molecule has 0 atom stereocenters. The molecule has 0 aromatic heterocycles. The molecule has 1 fully saturated rings. The van der Waals surface area contributed by atoms with Crippen molar-refractivity contribution in [3.8, 4) is 0 Å². The first-order valence-corrected chi connectivity index (χ1v) is 7.44. The molecule has 5 nitrogen and oxygen atoms in total. The molecule has 1 aromatic rings. The van der Waals surface area contributed by atoms with Crippen LogP contribution >= 0.6 is 0 Å². The molecule has 1 amide bonds. The molecule has 0 radical (unpaired) electrons. The summed E-state index contributed by atoms with van der Waals surface area (Å²) in [5, 5.41) is 0. The zero-order valence-corrected chi connectivity index (χ0v) is 13.0. The Kier molecular flexibility index (Phi) is 5.49.